The number of carbonyl (C=O) groups is 1. The summed E-state index contributed by atoms with van der Waals surface area (Å²) in [5.41, 5.74) is -0.850. The van der Waals surface area contributed by atoms with Gasteiger partial charge in [0.1, 0.15) is 0 Å². The topological polar surface area (TPSA) is 61.4 Å². The van der Waals surface area contributed by atoms with Gasteiger partial charge in [-0.3, -0.25) is 0 Å². The first-order valence-electron chi connectivity index (χ1n) is 3.90. The number of halogens is 3. The Labute approximate surface area is 103 Å². The SMILES string of the molecule is C#CC(C)(C)NC(=O)N[C@@H](O)C(Cl)(Cl)Cl. The largest absolute Gasteiger partial charge is 0.369 e. The molecule has 0 spiro atoms. The highest BCUT2D eigenvalue weighted by molar-refractivity contribution is 6.68. The number of hydrogen-bond acceptors (Lipinski definition) is 2. The molecule has 4 nitrogen and oxygen atoms in total. The van der Waals surface area contributed by atoms with E-state index in [1.807, 2.05) is 5.32 Å². The maximum absolute atomic E-state index is 11.2. The maximum atomic E-state index is 11.2. The summed E-state index contributed by atoms with van der Waals surface area (Å²) in [5.74, 6) is 2.33. The van der Waals surface area contributed by atoms with E-state index >= 15 is 0 Å². The number of aliphatic hydroxyl groups is 1. The summed E-state index contributed by atoms with van der Waals surface area (Å²) in [5, 5.41) is 13.6. The molecule has 1 atom stereocenters. The van der Waals surface area contributed by atoms with Gasteiger partial charge in [0, 0.05) is 0 Å². The van der Waals surface area contributed by atoms with Crippen LogP contribution in [0.3, 0.4) is 0 Å². The number of hydrogen-bond donors (Lipinski definition) is 3. The van der Waals surface area contributed by atoms with Crippen LogP contribution in [-0.2, 0) is 0 Å². The number of nitrogens with one attached hydrogen (secondary N) is 2. The van der Waals surface area contributed by atoms with Gasteiger partial charge in [0.05, 0.1) is 5.54 Å². The highest BCUT2D eigenvalue weighted by Crippen LogP contribution is 2.28. The van der Waals surface area contributed by atoms with E-state index in [9.17, 15) is 9.90 Å². The van der Waals surface area contributed by atoms with Gasteiger partial charge < -0.3 is 15.7 Å². The van der Waals surface area contributed by atoms with Crippen LogP contribution in [0.15, 0.2) is 0 Å². The van der Waals surface area contributed by atoms with Crippen LogP contribution in [0, 0.1) is 12.3 Å². The fraction of sp³-hybridized carbons (Fsp3) is 0.625. The number of carbonyl (C=O) groups excluding carboxylic acids is 1. The molecule has 7 heteroatoms. The van der Waals surface area contributed by atoms with Gasteiger partial charge >= 0.3 is 6.03 Å². The Balaban J connectivity index is 4.24. The Morgan fingerprint density at radius 1 is 1.47 bits per heavy atom. The van der Waals surface area contributed by atoms with Crippen molar-refractivity contribution in [2.45, 2.75) is 29.4 Å². The normalized spacial score (nSPS) is 13.9. The lowest BCUT2D eigenvalue weighted by molar-refractivity contribution is 0.142. The standard InChI is InChI=1S/C8H11Cl3N2O2/c1-4-7(2,3)13-6(15)12-5(14)8(9,10)11/h1,5,14H,2-3H3,(H2,12,13,15)/t5-/m0/s1. The molecule has 15 heavy (non-hydrogen) atoms. The minimum absolute atomic E-state index is 0.725. The average molecular weight is 274 g/mol. The molecule has 86 valence electrons. The number of rotatable bonds is 2. The van der Waals surface area contributed by atoms with Crippen LogP contribution in [0.1, 0.15) is 13.8 Å². The Kier molecular flexibility index (Phi) is 5.01. The number of alkyl halides is 3. The van der Waals surface area contributed by atoms with Gasteiger partial charge in [-0.1, -0.05) is 40.7 Å². The van der Waals surface area contributed by atoms with Crippen molar-refractivity contribution in [3.63, 3.8) is 0 Å². The van der Waals surface area contributed by atoms with Crippen LogP contribution in [0.5, 0.6) is 0 Å². The van der Waals surface area contributed by atoms with Crippen LogP contribution in [0.4, 0.5) is 4.79 Å². The molecule has 3 N–H and O–H groups in total. The van der Waals surface area contributed by atoms with E-state index in [2.05, 4.69) is 11.2 Å². The van der Waals surface area contributed by atoms with Crippen LogP contribution in [-0.4, -0.2) is 26.7 Å². The van der Waals surface area contributed by atoms with E-state index in [-0.39, 0.29) is 0 Å². The molecule has 0 unspecified atom stereocenters. The van der Waals surface area contributed by atoms with E-state index in [0.717, 1.165) is 0 Å². The van der Waals surface area contributed by atoms with Crippen molar-refractivity contribution < 1.29 is 9.90 Å². The Hall–Kier alpha value is -0.340. The lowest BCUT2D eigenvalue weighted by Crippen LogP contribution is -2.53. The average Bonchev–Trinajstić information content (AvgIpc) is 2.01. The molecule has 0 bridgehead atoms. The van der Waals surface area contributed by atoms with Crippen LogP contribution < -0.4 is 10.6 Å². The summed E-state index contributed by atoms with van der Waals surface area (Å²) in [4.78, 5) is 11.2. The van der Waals surface area contributed by atoms with E-state index in [4.69, 9.17) is 41.2 Å². The first kappa shape index (κ1) is 14.7. The van der Waals surface area contributed by atoms with Crippen molar-refractivity contribution in [1.29, 1.82) is 0 Å². The molecule has 0 aromatic rings. The van der Waals surface area contributed by atoms with Crippen LogP contribution in [0.25, 0.3) is 0 Å². The third kappa shape index (κ3) is 5.95. The van der Waals surface area contributed by atoms with E-state index in [0.29, 0.717) is 0 Å². The second-order valence-electron chi connectivity index (χ2n) is 3.31. The molecule has 0 aliphatic heterocycles. The maximum Gasteiger partial charge on any atom is 0.318 e. The fourth-order valence-corrected chi connectivity index (χ4v) is 0.726. The van der Waals surface area contributed by atoms with E-state index < -0.39 is 21.6 Å². The van der Waals surface area contributed by atoms with Crippen molar-refractivity contribution in [3.05, 3.63) is 0 Å². The molecule has 0 saturated carbocycles. The highest BCUT2D eigenvalue weighted by atomic mass is 35.6. The van der Waals surface area contributed by atoms with Gasteiger partial charge in [-0.15, -0.1) is 6.42 Å². The molecular formula is C8H11Cl3N2O2. The van der Waals surface area contributed by atoms with Crippen molar-refractivity contribution in [3.8, 4) is 12.3 Å². The third-order valence-electron chi connectivity index (χ3n) is 1.36. The van der Waals surface area contributed by atoms with Crippen molar-refractivity contribution in [2.75, 3.05) is 0 Å². The fourth-order valence-electron chi connectivity index (χ4n) is 0.562. The minimum atomic E-state index is -1.99. The lowest BCUT2D eigenvalue weighted by Gasteiger charge is -2.24. The molecule has 0 aromatic carbocycles. The summed E-state index contributed by atoms with van der Waals surface area (Å²) < 4.78 is -1.99. The predicted octanol–water partition coefficient (Wildman–Crippen LogP) is 1.39. The van der Waals surface area contributed by atoms with Crippen molar-refractivity contribution in [1.82, 2.24) is 10.6 Å². The molecule has 0 aromatic heterocycles. The highest BCUT2D eigenvalue weighted by Gasteiger charge is 2.32. The monoisotopic (exact) mass is 272 g/mol. The minimum Gasteiger partial charge on any atom is -0.369 e. The number of amides is 2. The molecule has 0 aliphatic rings. The molecule has 0 aliphatic carbocycles. The predicted molar refractivity (Wildman–Crippen MR) is 60.9 cm³/mol. The van der Waals surface area contributed by atoms with Crippen molar-refractivity contribution in [2.24, 2.45) is 0 Å². The summed E-state index contributed by atoms with van der Waals surface area (Å²) in [6.45, 7) is 3.21. The number of urea groups is 1. The van der Waals surface area contributed by atoms with E-state index in [1.165, 1.54) is 0 Å². The molecule has 2 amide bonds. The van der Waals surface area contributed by atoms with Gasteiger partial charge in [0.15, 0.2) is 6.23 Å². The smallest absolute Gasteiger partial charge is 0.318 e. The molecular weight excluding hydrogens is 262 g/mol. The van der Waals surface area contributed by atoms with Gasteiger partial charge in [0.25, 0.3) is 0 Å². The van der Waals surface area contributed by atoms with Gasteiger partial charge in [-0.05, 0) is 13.8 Å². The second-order valence-corrected chi connectivity index (χ2v) is 5.68. The van der Waals surface area contributed by atoms with Gasteiger partial charge in [-0.25, -0.2) is 4.79 Å². The molecule has 0 radical (unpaired) electrons. The summed E-state index contributed by atoms with van der Waals surface area (Å²) in [6.07, 6.45) is 3.52. The zero-order chi connectivity index (χ0) is 12.3. The second kappa shape index (κ2) is 5.13. The molecule has 0 fully saturated rings. The van der Waals surface area contributed by atoms with Crippen LogP contribution in [0.2, 0.25) is 0 Å². The Morgan fingerprint density at radius 2 is 1.93 bits per heavy atom. The first-order chi connectivity index (χ1) is 6.58. The first-order valence-corrected chi connectivity index (χ1v) is 5.03. The summed E-state index contributed by atoms with van der Waals surface area (Å²) in [6, 6.07) is -0.725. The number of terminal acetylenes is 1. The quantitative estimate of drug-likeness (QED) is 0.404. The van der Waals surface area contributed by atoms with E-state index in [1.54, 1.807) is 13.8 Å². The lowest BCUT2D eigenvalue weighted by atomic mass is 10.1. The van der Waals surface area contributed by atoms with Gasteiger partial charge in [-0.2, -0.15) is 0 Å². The Bertz CT molecular complexity index is 281. The third-order valence-corrected chi connectivity index (χ3v) is 1.98. The summed E-state index contributed by atoms with van der Waals surface area (Å²) >= 11 is 16.0. The zero-order valence-corrected chi connectivity index (χ0v) is 10.4. The van der Waals surface area contributed by atoms with Crippen molar-refractivity contribution >= 4 is 40.8 Å². The van der Waals surface area contributed by atoms with Gasteiger partial charge in [0.2, 0.25) is 3.79 Å². The molecule has 0 rings (SSSR count). The molecule has 0 saturated heterocycles. The summed E-state index contributed by atoms with van der Waals surface area (Å²) in [7, 11) is 0. The molecule has 0 heterocycles. The number of aliphatic hydroxyl groups excluding tert-OH is 1. The Morgan fingerprint density at radius 3 is 2.27 bits per heavy atom. The zero-order valence-electron chi connectivity index (χ0n) is 8.14. The van der Waals surface area contributed by atoms with Crippen LogP contribution >= 0.6 is 34.8 Å².